The van der Waals surface area contributed by atoms with Crippen LogP contribution >= 0.6 is 0 Å². The van der Waals surface area contributed by atoms with Crippen LogP contribution in [0.4, 0.5) is 13.2 Å². The maximum absolute atomic E-state index is 13.0. The van der Waals surface area contributed by atoms with Crippen LogP contribution in [0.2, 0.25) is 0 Å². The second-order valence-electron chi connectivity index (χ2n) is 5.03. The van der Waals surface area contributed by atoms with E-state index in [1.807, 2.05) is 13.8 Å². The molecule has 19 heavy (non-hydrogen) atoms. The molecule has 5 heteroatoms. The first kappa shape index (κ1) is 14.3. The molecular weight excluding hydrogens is 257 g/mol. The standard InChI is InChI=1S/C14H17F3O2/c1-9(2)10-3-5-11(6-4-10)13(14(15,16)17)19-8-12-7-18-12/h3-6,9,12-13H,7-8H2,1-2H3/t12-,13-/m1/s1. The number of ether oxygens (including phenoxy) is 2. The van der Waals surface area contributed by atoms with E-state index in [4.69, 9.17) is 9.47 Å². The van der Waals surface area contributed by atoms with E-state index in [0.29, 0.717) is 12.5 Å². The van der Waals surface area contributed by atoms with Gasteiger partial charge < -0.3 is 9.47 Å². The molecule has 1 aromatic carbocycles. The summed E-state index contributed by atoms with van der Waals surface area (Å²) in [5.74, 6) is 0.291. The van der Waals surface area contributed by atoms with Gasteiger partial charge in [0, 0.05) is 0 Å². The van der Waals surface area contributed by atoms with Gasteiger partial charge in [0.05, 0.1) is 13.2 Å². The number of epoxide rings is 1. The second-order valence-corrected chi connectivity index (χ2v) is 5.03. The number of alkyl halides is 3. The van der Waals surface area contributed by atoms with E-state index in [-0.39, 0.29) is 18.3 Å². The van der Waals surface area contributed by atoms with Crippen molar-refractivity contribution in [2.24, 2.45) is 0 Å². The first-order chi connectivity index (χ1) is 8.88. The third kappa shape index (κ3) is 3.94. The van der Waals surface area contributed by atoms with Crippen LogP contribution in [0.1, 0.15) is 37.0 Å². The summed E-state index contributed by atoms with van der Waals surface area (Å²) in [6.07, 6.45) is -6.47. The van der Waals surface area contributed by atoms with Gasteiger partial charge in [-0.15, -0.1) is 0 Å². The summed E-state index contributed by atoms with van der Waals surface area (Å²) in [5.41, 5.74) is 1.15. The van der Waals surface area contributed by atoms with Crippen LogP contribution in [0.3, 0.4) is 0 Å². The number of hydrogen-bond donors (Lipinski definition) is 0. The first-order valence-electron chi connectivity index (χ1n) is 6.27. The van der Waals surface area contributed by atoms with E-state index in [0.717, 1.165) is 5.56 Å². The topological polar surface area (TPSA) is 21.8 Å². The molecule has 2 rings (SSSR count). The van der Waals surface area contributed by atoms with Crippen molar-refractivity contribution in [3.05, 3.63) is 35.4 Å². The fourth-order valence-corrected chi connectivity index (χ4v) is 1.80. The molecule has 2 nitrogen and oxygen atoms in total. The zero-order valence-electron chi connectivity index (χ0n) is 10.9. The molecule has 0 unspecified atom stereocenters. The molecule has 0 bridgehead atoms. The third-order valence-electron chi connectivity index (χ3n) is 3.05. The first-order valence-corrected chi connectivity index (χ1v) is 6.27. The Labute approximate surface area is 110 Å². The summed E-state index contributed by atoms with van der Waals surface area (Å²) >= 11 is 0. The largest absolute Gasteiger partial charge is 0.418 e. The van der Waals surface area contributed by atoms with Crippen LogP contribution in [0.25, 0.3) is 0 Å². The fourth-order valence-electron chi connectivity index (χ4n) is 1.80. The summed E-state index contributed by atoms with van der Waals surface area (Å²) in [7, 11) is 0. The minimum Gasteiger partial charge on any atom is -0.371 e. The number of halogens is 3. The van der Waals surface area contributed by atoms with Gasteiger partial charge in [0.1, 0.15) is 6.10 Å². The van der Waals surface area contributed by atoms with Crippen molar-refractivity contribution in [3.8, 4) is 0 Å². The van der Waals surface area contributed by atoms with E-state index >= 15 is 0 Å². The van der Waals surface area contributed by atoms with Gasteiger partial charge in [0.2, 0.25) is 0 Å². The van der Waals surface area contributed by atoms with E-state index in [1.165, 1.54) is 12.1 Å². The molecule has 2 atom stereocenters. The summed E-state index contributed by atoms with van der Waals surface area (Å²) in [5, 5.41) is 0. The van der Waals surface area contributed by atoms with Crippen molar-refractivity contribution in [2.45, 2.75) is 38.1 Å². The Morgan fingerprint density at radius 2 is 1.74 bits per heavy atom. The van der Waals surface area contributed by atoms with Crippen molar-refractivity contribution < 1.29 is 22.6 Å². The fraction of sp³-hybridized carbons (Fsp3) is 0.571. The Kier molecular flexibility index (Phi) is 4.16. The molecular formula is C14H17F3O2. The average Bonchev–Trinajstić information content (AvgIpc) is 3.12. The molecule has 106 valence electrons. The van der Waals surface area contributed by atoms with Gasteiger partial charge in [0.25, 0.3) is 0 Å². The van der Waals surface area contributed by atoms with E-state index < -0.39 is 12.3 Å². The van der Waals surface area contributed by atoms with E-state index in [9.17, 15) is 13.2 Å². The Balaban J connectivity index is 2.11. The molecule has 1 aliphatic rings. The molecule has 0 aromatic heterocycles. The lowest BCUT2D eigenvalue weighted by Crippen LogP contribution is -2.25. The monoisotopic (exact) mass is 274 g/mol. The lowest BCUT2D eigenvalue weighted by Gasteiger charge is -2.21. The maximum atomic E-state index is 13.0. The van der Waals surface area contributed by atoms with Gasteiger partial charge in [-0.3, -0.25) is 0 Å². The van der Waals surface area contributed by atoms with E-state index in [1.54, 1.807) is 12.1 Å². The van der Waals surface area contributed by atoms with Crippen LogP contribution in [0.5, 0.6) is 0 Å². The van der Waals surface area contributed by atoms with Crippen LogP contribution in [0, 0.1) is 0 Å². The molecule has 0 aliphatic carbocycles. The smallest absolute Gasteiger partial charge is 0.371 e. The van der Waals surface area contributed by atoms with Crippen LogP contribution in [0.15, 0.2) is 24.3 Å². The van der Waals surface area contributed by atoms with Crippen molar-refractivity contribution in [3.63, 3.8) is 0 Å². The molecule has 0 saturated carbocycles. The van der Waals surface area contributed by atoms with Crippen LogP contribution in [-0.4, -0.2) is 25.5 Å². The average molecular weight is 274 g/mol. The molecule has 0 N–H and O–H groups in total. The Hall–Kier alpha value is -1.07. The summed E-state index contributed by atoms with van der Waals surface area (Å²) in [4.78, 5) is 0. The van der Waals surface area contributed by atoms with E-state index in [2.05, 4.69) is 0 Å². The minimum atomic E-state index is -4.41. The molecule has 0 radical (unpaired) electrons. The Morgan fingerprint density at radius 3 is 2.16 bits per heavy atom. The zero-order valence-corrected chi connectivity index (χ0v) is 10.9. The van der Waals surface area contributed by atoms with Crippen molar-refractivity contribution >= 4 is 0 Å². The zero-order chi connectivity index (χ0) is 14.0. The van der Waals surface area contributed by atoms with Gasteiger partial charge in [-0.1, -0.05) is 38.1 Å². The Morgan fingerprint density at radius 1 is 1.21 bits per heavy atom. The van der Waals surface area contributed by atoms with Gasteiger partial charge in [-0.25, -0.2) is 0 Å². The molecule has 1 fully saturated rings. The summed E-state index contributed by atoms with van der Waals surface area (Å²) in [6, 6.07) is 6.41. The highest BCUT2D eigenvalue weighted by atomic mass is 19.4. The molecule has 1 aliphatic heterocycles. The van der Waals surface area contributed by atoms with Crippen LogP contribution < -0.4 is 0 Å². The summed E-state index contributed by atoms with van der Waals surface area (Å²) in [6.45, 7) is 4.46. The van der Waals surface area contributed by atoms with Crippen molar-refractivity contribution in [2.75, 3.05) is 13.2 Å². The predicted octanol–water partition coefficient (Wildman–Crippen LogP) is 3.83. The highest BCUT2D eigenvalue weighted by Crippen LogP contribution is 2.36. The van der Waals surface area contributed by atoms with Crippen LogP contribution in [-0.2, 0) is 9.47 Å². The molecule has 1 aromatic rings. The number of benzene rings is 1. The van der Waals surface area contributed by atoms with Gasteiger partial charge in [-0.2, -0.15) is 13.2 Å². The number of hydrogen-bond acceptors (Lipinski definition) is 2. The number of rotatable bonds is 5. The lowest BCUT2D eigenvalue weighted by molar-refractivity contribution is -0.224. The Bertz CT molecular complexity index is 408. The predicted molar refractivity (Wildman–Crippen MR) is 65.0 cm³/mol. The van der Waals surface area contributed by atoms with Gasteiger partial charge in [0.15, 0.2) is 6.10 Å². The quantitative estimate of drug-likeness (QED) is 0.761. The van der Waals surface area contributed by atoms with Crippen molar-refractivity contribution in [1.82, 2.24) is 0 Å². The molecule has 1 saturated heterocycles. The molecule has 1 heterocycles. The SMILES string of the molecule is CC(C)c1ccc([C@@H](OC[C@H]2CO2)C(F)(F)F)cc1. The summed E-state index contributed by atoms with van der Waals surface area (Å²) < 4.78 is 48.7. The van der Waals surface area contributed by atoms with Crippen molar-refractivity contribution in [1.29, 1.82) is 0 Å². The molecule has 0 spiro atoms. The normalized spacial score (nSPS) is 20.6. The third-order valence-corrected chi connectivity index (χ3v) is 3.05. The maximum Gasteiger partial charge on any atom is 0.418 e. The van der Waals surface area contributed by atoms with Gasteiger partial charge >= 0.3 is 6.18 Å². The lowest BCUT2D eigenvalue weighted by atomic mass is 10.00. The highest BCUT2D eigenvalue weighted by Gasteiger charge is 2.43. The van der Waals surface area contributed by atoms with Gasteiger partial charge in [-0.05, 0) is 17.0 Å². The second kappa shape index (κ2) is 5.51. The minimum absolute atomic E-state index is 0.0177. The highest BCUT2D eigenvalue weighted by molar-refractivity contribution is 5.27. The molecule has 0 amide bonds.